The molecule has 1 saturated heterocycles. The molecule has 1 aliphatic rings. The SMILES string of the molecule is Cn1nc(-c2ccccc2)c(CN(C[C@H]2CCCO2)C(=O)c2ccccc2Cl)c1Oc1ccccc1. The number of amides is 1. The minimum absolute atomic E-state index is 0.0215. The monoisotopic (exact) mass is 501 g/mol. The van der Waals surface area contributed by atoms with Gasteiger partial charge in [0, 0.05) is 25.8 Å². The summed E-state index contributed by atoms with van der Waals surface area (Å²) in [5.74, 6) is 1.14. The lowest BCUT2D eigenvalue weighted by molar-refractivity contribution is 0.0506. The zero-order valence-corrected chi connectivity index (χ0v) is 20.9. The van der Waals surface area contributed by atoms with E-state index in [9.17, 15) is 4.79 Å². The molecule has 0 radical (unpaired) electrons. The van der Waals surface area contributed by atoms with Gasteiger partial charge in [0.25, 0.3) is 5.91 Å². The molecule has 0 aliphatic carbocycles. The predicted octanol–water partition coefficient (Wildman–Crippen LogP) is 6.35. The molecule has 0 spiro atoms. The van der Waals surface area contributed by atoms with Crippen molar-refractivity contribution in [3.05, 3.63) is 101 Å². The lowest BCUT2D eigenvalue weighted by Crippen LogP contribution is -2.37. The van der Waals surface area contributed by atoms with E-state index < -0.39 is 0 Å². The third kappa shape index (κ3) is 5.30. The highest BCUT2D eigenvalue weighted by Crippen LogP contribution is 2.35. The van der Waals surface area contributed by atoms with Gasteiger partial charge in [-0.25, -0.2) is 4.68 Å². The number of hydrogen-bond donors (Lipinski definition) is 0. The van der Waals surface area contributed by atoms with Crippen molar-refractivity contribution >= 4 is 17.5 Å². The molecule has 1 aliphatic heterocycles. The zero-order chi connectivity index (χ0) is 24.9. The third-order valence-corrected chi connectivity index (χ3v) is 6.61. The molecule has 1 aromatic heterocycles. The molecule has 0 saturated carbocycles. The van der Waals surface area contributed by atoms with Crippen LogP contribution in [0.5, 0.6) is 11.6 Å². The van der Waals surface area contributed by atoms with Gasteiger partial charge in [0.15, 0.2) is 0 Å². The number of aryl methyl sites for hydroxylation is 1. The molecule has 0 bridgehead atoms. The van der Waals surface area contributed by atoms with Crippen molar-refractivity contribution in [2.75, 3.05) is 13.2 Å². The fourth-order valence-corrected chi connectivity index (χ4v) is 4.72. The second-order valence-electron chi connectivity index (χ2n) is 8.84. The van der Waals surface area contributed by atoms with E-state index in [2.05, 4.69) is 0 Å². The maximum atomic E-state index is 13.8. The van der Waals surface area contributed by atoms with E-state index in [-0.39, 0.29) is 12.0 Å². The second-order valence-corrected chi connectivity index (χ2v) is 9.24. The van der Waals surface area contributed by atoms with Gasteiger partial charge in [-0.15, -0.1) is 0 Å². The Hall–Kier alpha value is -3.61. The fraction of sp³-hybridized carbons (Fsp3) is 0.241. The smallest absolute Gasteiger partial charge is 0.255 e. The normalized spacial score (nSPS) is 15.1. The number of halogens is 1. The molecular formula is C29H28ClN3O3. The minimum Gasteiger partial charge on any atom is -0.439 e. The molecule has 2 heterocycles. The Kier molecular flexibility index (Phi) is 7.35. The van der Waals surface area contributed by atoms with Crippen LogP contribution in [0.25, 0.3) is 11.3 Å². The number of carbonyl (C=O) groups excluding carboxylic acids is 1. The highest BCUT2D eigenvalue weighted by atomic mass is 35.5. The molecule has 6 nitrogen and oxygen atoms in total. The molecule has 0 N–H and O–H groups in total. The lowest BCUT2D eigenvalue weighted by atomic mass is 10.1. The molecule has 1 amide bonds. The van der Waals surface area contributed by atoms with Crippen molar-refractivity contribution < 1.29 is 14.3 Å². The van der Waals surface area contributed by atoms with Crippen LogP contribution in [0.1, 0.15) is 28.8 Å². The average molecular weight is 502 g/mol. The third-order valence-electron chi connectivity index (χ3n) is 6.28. The Bertz CT molecular complexity index is 1320. The summed E-state index contributed by atoms with van der Waals surface area (Å²) in [4.78, 5) is 15.6. The first-order chi connectivity index (χ1) is 17.6. The van der Waals surface area contributed by atoms with Gasteiger partial charge < -0.3 is 14.4 Å². The topological polar surface area (TPSA) is 56.6 Å². The van der Waals surface area contributed by atoms with Crippen molar-refractivity contribution in [3.8, 4) is 22.9 Å². The van der Waals surface area contributed by atoms with E-state index >= 15 is 0 Å². The van der Waals surface area contributed by atoms with Gasteiger partial charge in [-0.3, -0.25) is 4.79 Å². The quantitative estimate of drug-likeness (QED) is 0.282. The highest BCUT2D eigenvalue weighted by Gasteiger charge is 2.29. The van der Waals surface area contributed by atoms with Crippen molar-refractivity contribution in [1.29, 1.82) is 0 Å². The Labute approximate surface area is 216 Å². The second kappa shape index (κ2) is 11.0. The summed E-state index contributed by atoms with van der Waals surface area (Å²) in [6, 6.07) is 26.7. The predicted molar refractivity (Wildman–Crippen MR) is 140 cm³/mol. The first-order valence-electron chi connectivity index (χ1n) is 12.1. The van der Waals surface area contributed by atoms with E-state index in [4.69, 9.17) is 26.2 Å². The molecule has 36 heavy (non-hydrogen) atoms. The Balaban J connectivity index is 1.57. The summed E-state index contributed by atoms with van der Waals surface area (Å²) >= 11 is 6.43. The summed E-state index contributed by atoms with van der Waals surface area (Å²) in [6.45, 7) is 1.46. The number of para-hydroxylation sites is 1. The van der Waals surface area contributed by atoms with Crippen LogP contribution in [-0.2, 0) is 18.3 Å². The van der Waals surface area contributed by atoms with E-state index in [0.717, 1.165) is 29.7 Å². The molecule has 4 aromatic rings. The van der Waals surface area contributed by atoms with E-state index in [1.165, 1.54) is 0 Å². The number of aromatic nitrogens is 2. The molecular weight excluding hydrogens is 474 g/mol. The maximum absolute atomic E-state index is 13.8. The maximum Gasteiger partial charge on any atom is 0.255 e. The van der Waals surface area contributed by atoms with Gasteiger partial charge >= 0.3 is 0 Å². The molecule has 3 aromatic carbocycles. The Morgan fingerprint density at radius 2 is 1.75 bits per heavy atom. The number of nitrogens with zero attached hydrogens (tertiary/aromatic N) is 3. The van der Waals surface area contributed by atoms with Crippen molar-refractivity contribution in [2.45, 2.75) is 25.5 Å². The number of benzene rings is 3. The Morgan fingerprint density at radius 3 is 2.44 bits per heavy atom. The van der Waals surface area contributed by atoms with E-state index in [1.54, 1.807) is 21.7 Å². The van der Waals surface area contributed by atoms with Crippen LogP contribution in [0, 0.1) is 0 Å². The van der Waals surface area contributed by atoms with Crippen LogP contribution < -0.4 is 4.74 Å². The summed E-state index contributed by atoms with van der Waals surface area (Å²) < 4.78 is 14.0. The van der Waals surface area contributed by atoms with Crippen LogP contribution in [0.2, 0.25) is 5.02 Å². The minimum atomic E-state index is -0.148. The molecule has 5 rings (SSSR count). The molecule has 1 atom stereocenters. The van der Waals surface area contributed by atoms with Crippen molar-refractivity contribution in [3.63, 3.8) is 0 Å². The van der Waals surface area contributed by atoms with Gasteiger partial charge in [0.2, 0.25) is 5.88 Å². The van der Waals surface area contributed by atoms with Crippen LogP contribution in [0.4, 0.5) is 0 Å². The van der Waals surface area contributed by atoms with Crippen molar-refractivity contribution in [2.24, 2.45) is 7.05 Å². The highest BCUT2D eigenvalue weighted by molar-refractivity contribution is 6.33. The first kappa shape index (κ1) is 24.1. The zero-order valence-electron chi connectivity index (χ0n) is 20.1. The summed E-state index contributed by atoms with van der Waals surface area (Å²) in [7, 11) is 1.86. The van der Waals surface area contributed by atoms with Gasteiger partial charge in [-0.1, -0.05) is 72.3 Å². The first-order valence-corrected chi connectivity index (χ1v) is 12.5. The molecule has 184 valence electrons. The summed E-state index contributed by atoms with van der Waals surface area (Å²) in [5, 5.41) is 5.23. The summed E-state index contributed by atoms with van der Waals surface area (Å²) in [5.41, 5.74) is 3.01. The number of hydrogen-bond acceptors (Lipinski definition) is 4. The van der Waals surface area contributed by atoms with Gasteiger partial charge in [-0.2, -0.15) is 5.10 Å². The van der Waals surface area contributed by atoms with Crippen LogP contribution in [0.15, 0.2) is 84.9 Å². The van der Waals surface area contributed by atoms with E-state index in [0.29, 0.717) is 41.9 Å². The van der Waals surface area contributed by atoms with Crippen LogP contribution in [0.3, 0.4) is 0 Å². The largest absolute Gasteiger partial charge is 0.439 e. The lowest BCUT2D eigenvalue weighted by Gasteiger charge is -2.26. The fourth-order valence-electron chi connectivity index (χ4n) is 4.50. The number of ether oxygens (including phenoxy) is 2. The Morgan fingerprint density at radius 1 is 1.06 bits per heavy atom. The summed E-state index contributed by atoms with van der Waals surface area (Å²) in [6.07, 6.45) is 1.88. The van der Waals surface area contributed by atoms with Crippen LogP contribution in [-0.4, -0.2) is 39.8 Å². The molecule has 1 fully saturated rings. The number of carbonyl (C=O) groups is 1. The van der Waals surface area contributed by atoms with Gasteiger partial charge in [-0.05, 0) is 37.1 Å². The molecule has 0 unspecified atom stereocenters. The van der Waals surface area contributed by atoms with Crippen molar-refractivity contribution in [1.82, 2.24) is 14.7 Å². The van der Waals surface area contributed by atoms with Gasteiger partial charge in [0.05, 0.1) is 28.8 Å². The standard InChI is InChI=1S/C29H28ClN3O3/c1-32-29(36-22-13-6-3-7-14-22)25(27(31-32)21-11-4-2-5-12-21)20-33(19-23-15-10-18-35-23)28(34)24-16-8-9-17-26(24)30/h2-9,11-14,16-17,23H,10,15,18-20H2,1H3/t23-/m1/s1. The number of rotatable bonds is 8. The van der Waals surface area contributed by atoms with Gasteiger partial charge in [0.1, 0.15) is 11.4 Å². The van der Waals surface area contributed by atoms with E-state index in [1.807, 2.05) is 79.8 Å². The molecule has 7 heteroatoms. The average Bonchev–Trinajstić information content (AvgIpc) is 3.53. The van der Waals surface area contributed by atoms with Crippen LogP contribution >= 0.6 is 11.6 Å².